The molecule has 0 spiro atoms. The largest absolute Gasteiger partial charge is 0.395 e. The molecule has 116 valence electrons. The van der Waals surface area contributed by atoms with E-state index in [0.717, 1.165) is 12.8 Å². The number of aliphatic hydroxyl groups is 1. The lowest BCUT2D eigenvalue weighted by atomic mass is 9.86. The lowest BCUT2D eigenvalue weighted by Crippen LogP contribution is -2.43. The Balaban J connectivity index is 2.12. The van der Waals surface area contributed by atoms with E-state index in [-0.39, 0.29) is 24.1 Å². The zero-order chi connectivity index (χ0) is 15.5. The van der Waals surface area contributed by atoms with E-state index < -0.39 is 0 Å². The van der Waals surface area contributed by atoms with Gasteiger partial charge in [-0.2, -0.15) is 0 Å². The molecular formula is C17H26N2O2. The standard InChI is InChI=1S/C17H26N2O2/c1-4-9-19(10-11-20)16(21)18-15-12-17(2,3)14-8-6-5-7-13(14)15/h5-8,15,20H,4,9-12H2,1-3H3,(H,18,21). The average molecular weight is 290 g/mol. The zero-order valence-corrected chi connectivity index (χ0v) is 13.2. The van der Waals surface area contributed by atoms with Gasteiger partial charge in [0.2, 0.25) is 0 Å². The number of carbonyl (C=O) groups is 1. The van der Waals surface area contributed by atoms with E-state index in [4.69, 9.17) is 5.11 Å². The van der Waals surface area contributed by atoms with Crippen molar-refractivity contribution in [1.82, 2.24) is 10.2 Å². The number of amides is 2. The summed E-state index contributed by atoms with van der Waals surface area (Å²) in [5.74, 6) is 0. The molecule has 1 aromatic rings. The maximum Gasteiger partial charge on any atom is 0.317 e. The van der Waals surface area contributed by atoms with Crippen LogP contribution in [0.3, 0.4) is 0 Å². The first-order valence-corrected chi connectivity index (χ1v) is 7.75. The summed E-state index contributed by atoms with van der Waals surface area (Å²) in [4.78, 5) is 14.1. The summed E-state index contributed by atoms with van der Waals surface area (Å²) in [5.41, 5.74) is 2.62. The van der Waals surface area contributed by atoms with Gasteiger partial charge in [0.15, 0.2) is 0 Å². The second kappa shape index (κ2) is 6.48. The Bertz CT molecular complexity index is 493. The minimum absolute atomic E-state index is 0.000165. The van der Waals surface area contributed by atoms with Crippen molar-refractivity contribution >= 4 is 6.03 Å². The molecule has 0 saturated carbocycles. The Kier molecular flexibility index (Phi) is 4.88. The predicted octanol–water partition coefficient (Wildman–Crippen LogP) is 2.82. The molecule has 2 amide bonds. The van der Waals surface area contributed by atoms with Gasteiger partial charge in [-0.3, -0.25) is 0 Å². The number of urea groups is 1. The van der Waals surface area contributed by atoms with Crippen LogP contribution in [0.2, 0.25) is 0 Å². The molecule has 0 heterocycles. The van der Waals surface area contributed by atoms with Crippen molar-refractivity contribution < 1.29 is 9.90 Å². The van der Waals surface area contributed by atoms with E-state index in [1.54, 1.807) is 4.90 Å². The van der Waals surface area contributed by atoms with Gasteiger partial charge in [0.1, 0.15) is 0 Å². The number of rotatable bonds is 5. The van der Waals surface area contributed by atoms with Crippen LogP contribution in [0.1, 0.15) is 50.8 Å². The molecular weight excluding hydrogens is 264 g/mol. The number of benzene rings is 1. The minimum Gasteiger partial charge on any atom is -0.395 e. The Morgan fingerprint density at radius 2 is 2.10 bits per heavy atom. The van der Waals surface area contributed by atoms with Crippen molar-refractivity contribution in [2.75, 3.05) is 19.7 Å². The van der Waals surface area contributed by atoms with Gasteiger partial charge in [-0.1, -0.05) is 45.0 Å². The van der Waals surface area contributed by atoms with Gasteiger partial charge in [0.25, 0.3) is 0 Å². The van der Waals surface area contributed by atoms with Crippen LogP contribution in [0, 0.1) is 0 Å². The molecule has 1 atom stereocenters. The fraction of sp³-hybridized carbons (Fsp3) is 0.588. The van der Waals surface area contributed by atoms with Crippen LogP contribution in [-0.4, -0.2) is 35.7 Å². The molecule has 4 nitrogen and oxygen atoms in total. The van der Waals surface area contributed by atoms with Crippen LogP contribution >= 0.6 is 0 Å². The molecule has 0 saturated heterocycles. The maximum atomic E-state index is 12.4. The Labute approximate surface area is 127 Å². The molecule has 4 heteroatoms. The summed E-state index contributed by atoms with van der Waals surface area (Å²) < 4.78 is 0. The van der Waals surface area contributed by atoms with Gasteiger partial charge in [-0.05, 0) is 29.4 Å². The van der Waals surface area contributed by atoms with Gasteiger partial charge in [-0.15, -0.1) is 0 Å². The van der Waals surface area contributed by atoms with E-state index in [9.17, 15) is 4.79 Å². The fourth-order valence-electron chi connectivity index (χ4n) is 3.22. The summed E-state index contributed by atoms with van der Waals surface area (Å²) in [6.45, 7) is 7.53. The number of nitrogens with one attached hydrogen (secondary N) is 1. The van der Waals surface area contributed by atoms with Gasteiger partial charge in [-0.25, -0.2) is 4.79 Å². The minimum atomic E-state index is -0.0802. The maximum absolute atomic E-state index is 12.4. The molecule has 0 fully saturated rings. The number of aliphatic hydroxyl groups excluding tert-OH is 1. The third-order valence-corrected chi connectivity index (χ3v) is 4.23. The quantitative estimate of drug-likeness (QED) is 0.876. The zero-order valence-electron chi connectivity index (χ0n) is 13.2. The van der Waals surface area contributed by atoms with Gasteiger partial charge in [0.05, 0.1) is 12.6 Å². The molecule has 2 N–H and O–H groups in total. The molecule has 21 heavy (non-hydrogen) atoms. The van der Waals surface area contributed by atoms with Crippen LogP contribution in [0.25, 0.3) is 0 Å². The number of fused-ring (bicyclic) bond motifs is 1. The lowest BCUT2D eigenvalue weighted by Gasteiger charge is -2.25. The third-order valence-electron chi connectivity index (χ3n) is 4.23. The summed E-state index contributed by atoms with van der Waals surface area (Å²) in [6, 6.07) is 8.31. The molecule has 1 aliphatic rings. The lowest BCUT2D eigenvalue weighted by molar-refractivity contribution is 0.173. The molecule has 1 aliphatic carbocycles. The summed E-state index contributed by atoms with van der Waals surface area (Å²) in [6.07, 6.45) is 1.80. The highest BCUT2D eigenvalue weighted by Gasteiger charge is 2.37. The van der Waals surface area contributed by atoms with E-state index in [0.29, 0.717) is 13.1 Å². The van der Waals surface area contributed by atoms with E-state index in [2.05, 4.69) is 37.4 Å². The second-order valence-corrected chi connectivity index (χ2v) is 6.39. The van der Waals surface area contributed by atoms with Crippen LogP contribution in [0.15, 0.2) is 24.3 Å². The molecule has 0 bridgehead atoms. The first kappa shape index (κ1) is 15.8. The Hall–Kier alpha value is -1.55. The topological polar surface area (TPSA) is 52.6 Å². The highest BCUT2D eigenvalue weighted by molar-refractivity contribution is 5.75. The third kappa shape index (κ3) is 3.38. The summed E-state index contributed by atoms with van der Waals surface area (Å²) in [7, 11) is 0. The van der Waals surface area contributed by atoms with Crippen LogP contribution in [0.5, 0.6) is 0 Å². The van der Waals surface area contributed by atoms with Crippen LogP contribution < -0.4 is 5.32 Å². The fourth-order valence-corrected chi connectivity index (χ4v) is 3.22. The van der Waals surface area contributed by atoms with Crippen molar-refractivity contribution in [3.8, 4) is 0 Å². The number of hydrogen-bond acceptors (Lipinski definition) is 2. The number of hydrogen-bond donors (Lipinski definition) is 2. The monoisotopic (exact) mass is 290 g/mol. The van der Waals surface area contributed by atoms with E-state index in [1.807, 2.05) is 13.0 Å². The average Bonchev–Trinajstić information content (AvgIpc) is 2.70. The molecule has 1 aromatic carbocycles. The molecule has 0 radical (unpaired) electrons. The highest BCUT2D eigenvalue weighted by Crippen LogP contribution is 2.44. The number of carbonyl (C=O) groups excluding carboxylic acids is 1. The molecule has 0 aromatic heterocycles. The van der Waals surface area contributed by atoms with Gasteiger partial charge < -0.3 is 15.3 Å². The summed E-state index contributed by atoms with van der Waals surface area (Å²) in [5, 5.41) is 12.2. The van der Waals surface area contributed by atoms with Crippen molar-refractivity contribution in [3.05, 3.63) is 35.4 Å². The smallest absolute Gasteiger partial charge is 0.317 e. The normalized spacial score (nSPS) is 19.1. The van der Waals surface area contributed by atoms with Crippen LogP contribution in [-0.2, 0) is 5.41 Å². The van der Waals surface area contributed by atoms with Crippen LogP contribution in [0.4, 0.5) is 4.79 Å². The van der Waals surface area contributed by atoms with E-state index in [1.165, 1.54) is 11.1 Å². The second-order valence-electron chi connectivity index (χ2n) is 6.39. The molecule has 1 unspecified atom stereocenters. The molecule has 2 rings (SSSR count). The number of nitrogens with zero attached hydrogens (tertiary/aromatic N) is 1. The first-order valence-electron chi connectivity index (χ1n) is 7.75. The van der Waals surface area contributed by atoms with Gasteiger partial charge >= 0.3 is 6.03 Å². The van der Waals surface area contributed by atoms with Gasteiger partial charge in [0, 0.05) is 13.1 Å². The first-order chi connectivity index (χ1) is 9.99. The Morgan fingerprint density at radius 1 is 1.38 bits per heavy atom. The predicted molar refractivity (Wildman–Crippen MR) is 84.3 cm³/mol. The van der Waals surface area contributed by atoms with Crippen molar-refractivity contribution in [2.45, 2.75) is 45.1 Å². The van der Waals surface area contributed by atoms with Crippen molar-refractivity contribution in [1.29, 1.82) is 0 Å². The Morgan fingerprint density at radius 3 is 2.76 bits per heavy atom. The SMILES string of the molecule is CCCN(CCO)C(=O)NC1CC(C)(C)c2ccccc21. The highest BCUT2D eigenvalue weighted by atomic mass is 16.3. The van der Waals surface area contributed by atoms with Crippen molar-refractivity contribution in [2.24, 2.45) is 0 Å². The van der Waals surface area contributed by atoms with Crippen molar-refractivity contribution in [3.63, 3.8) is 0 Å². The summed E-state index contributed by atoms with van der Waals surface area (Å²) >= 11 is 0. The van der Waals surface area contributed by atoms with E-state index >= 15 is 0 Å². The molecule has 0 aliphatic heterocycles.